The molecule has 0 amide bonds. The second kappa shape index (κ2) is 5.53. The van der Waals surface area contributed by atoms with Gasteiger partial charge in [0, 0.05) is 12.0 Å². The van der Waals surface area contributed by atoms with Gasteiger partial charge in [-0.1, -0.05) is 54.6 Å². The SMILES string of the molecule is CCCCC(=O)c1cc2c(cc1C)[SiH](C)C[SiH]2C. The molecular weight excluding hydrogens is 252 g/mol. The van der Waals surface area contributed by atoms with E-state index in [0.717, 1.165) is 24.8 Å². The maximum Gasteiger partial charge on any atom is 0.163 e. The van der Waals surface area contributed by atoms with Gasteiger partial charge in [0.05, 0.1) is 17.6 Å². The molecule has 2 rings (SSSR count). The fraction of sp³-hybridized carbons (Fsp3) is 0.533. The van der Waals surface area contributed by atoms with Gasteiger partial charge in [-0.25, -0.2) is 0 Å². The standard InChI is InChI=1S/C15H24OSi2/c1-5-6-7-13(16)12-9-15-14(8-11(12)2)17(3)10-18(15)4/h8-9,17-18H,5-7,10H2,1-4H3. The van der Waals surface area contributed by atoms with E-state index < -0.39 is 17.6 Å². The normalized spacial score (nSPS) is 22.0. The minimum absolute atomic E-state index is 0.361. The summed E-state index contributed by atoms with van der Waals surface area (Å²) in [6, 6.07) is 4.62. The van der Waals surface area contributed by atoms with Crippen LogP contribution >= 0.6 is 0 Å². The third-order valence-electron chi connectivity index (χ3n) is 4.26. The molecule has 3 heteroatoms. The maximum absolute atomic E-state index is 12.2. The molecule has 0 saturated carbocycles. The van der Waals surface area contributed by atoms with Gasteiger partial charge in [-0.15, -0.1) is 0 Å². The van der Waals surface area contributed by atoms with Gasteiger partial charge in [0.25, 0.3) is 0 Å². The highest BCUT2D eigenvalue weighted by atomic mass is 28.3. The van der Waals surface area contributed by atoms with E-state index in [1.54, 1.807) is 10.4 Å². The smallest absolute Gasteiger partial charge is 0.163 e. The molecule has 1 nitrogen and oxygen atoms in total. The van der Waals surface area contributed by atoms with Crippen LogP contribution in [0.15, 0.2) is 12.1 Å². The Morgan fingerprint density at radius 1 is 1.22 bits per heavy atom. The van der Waals surface area contributed by atoms with Crippen molar-refractivity contribution in [1.29, 1.82) is 0 Å². The Bertz CT molecular complexity index is 468. The number of benzene rings is 1. The summed E-state index contributed by atoms with van der Waals surface area (Å²) in [6.07, 6.45) is 2.84. The minimum atomic E-state index is -0.713. The average molecular weight is 277 g/mol. The van der Waals surface area contributed by atoms with Crippen molar-refractivity contribution in [3.8, 4) is 0 Å². The summed E-state index contributed by atoms with van der Waals surface area (Å²) in [7, 11) is -1.37. The monoisotopic (exact) mass is 276 g/mol. The molecule has 98 valence electrons. The Labute approximate surface area is 114 Å². The Morgan fingerprint density at radius 3 is 2.44 bits per heavy atom. The van der Waals surface area contributed by atoms with Crippen LogP contribution in [-0.2, 0) is 0 Å². The molecule has 1 aromatic rings. The van der Waals surface area contributed by atoms with Gasteiger partial charge in [0.2, 0.25) is 0 Å². The predicted molar refractivity (Wildman–Crippen MR) is 85.1 cm³/mol. The second-order valence-electron chi connectivity index (χ2n) is 5.86. The van der Waals surface area contributed by atoms with E-state index in [1.807, 2.05) is 0 Å². The van der Waals surface area contributed by atoms with Crippen molar-refractivity contribution in [2.45, 2.75) is 51.9 Å². The Balaban J connectivity index is 2.34. The van der Waals surface area contributed by atoms with Crippen molar-refractivity contribution in [2.24, 2.45) is 0 Å². The molecule has 1 aliphatic heterocycles. The second-order valence-corrected chi connectivity index (χ2v) is 12.6. The van der Waals surface area contributed by atoms with Crippen LogP contribution in [-0.4, -0.2) is 23.4 Å². The first-order chi connectivity index (χ1) is 8.54. The topological polar surface area (TPSA) is 17.1 Å². The first-order valence-electron chi connectivity index (χ1n) is 7.22. The molecule has 0 aliphatic carbocycles. The first-order valence-corrected chi connectivity index (χ1v) is 12.3. The van der Waals surface area contributed by atoms with Crippen LogP contribution < -0.4 is 10.4 Å². The van der Waals surface area contributed by atoms with Crippen molar-refractivity contribution in [2.75, 3.05) is 0 Å². The van der Waals surface area contributed by atoms with Gasteiger partial charge in [0.15, 0.2) is 5.78 Å². The fourth-order valence-corrected chi connectivity index (χ4v) is 13.4. The summed E-state index contributed by atoms with van der Waals surface area (Å²) in [5.74, 6) is 0.361. The molecule has 0 bridgehead atoms. The van der Waals surface area contributed by atoms with Crippen molar-refractivity contribution < 1.29 is 4.79 Å². The summed E-state index contributed by atoms with van der Waals surface area (Å²) < 4.78 is 0. The van der Waals surface area contributed by atoms with Crippen LogP contribution in [0.3, 0.4) is 0 Å². The Morgan fingerprint density at radius 2 is 1.83 bits per heavy atom. The lowest BCUT2D eigenvalue weighted by molar-refractivity contribution is 0.0979. The lowest BCUT2D eigenvalue weighted by atomic mass is 10.0. The van der Waals surface area contributed by atoms with E-state index in [0.29, 0.717) is 5.78 Å². The molecule has 0 N–H and O–H groups in total. The molecule has 2 atom stereocenters. The number of carbonyl (C=O) groups is 1. The van der Waals surface area contributed by atoms with Crippen LogP contribution in [0.2, 0.25) is 18.8 Å². The zero-order valence-electron chi connectivity index (χ0n) is 12.0. The van der Waals surface area contributed by atoms with Crippen molar-refractivity contribution in [1.82, 2.24) is 0 Å². The van der Waals surface area contributed by atoms with Gasteiger partial charge < -0.3 is 0 Å². The quantitative estimate of drug-likeness (QED) is 0.608. The van der Waals surface area contributed by atoms with Gasteiger partial charge in [0.1, 0.15) is 0 Å². The largest absolute Gasteiger partial charge is 0.294 e. The Hall–Kier alpha value is -0.676. The van der Waals surface area contributed by atoms with Crippen molar-refractivity contribution in [3.63, 3.8) is 0 Å². The summed E-state index contributed by atoms with van der Waals surface area (Å²) in [4.78, 5) is 12.2. The number of unbranched alkanes of at least 4 members (excludes halogenated alkanes) is 1. The molecule has 0 saturated heterocycles. The van der Waals surface area contributed by atoms with Gasteiger partial charge >= 0.3 is 0 Å². The predicted octanol–water partition coefficient (Wildman–Crippen LogP) is 2.05. The van der Waals surface area contributed by atoms with Crippen LogP contribution in [0.5, 0.6) is 0 Å². The molecule has 0 fully saturated rings. The molecule has 0 radical (unpaired) electrons. The number of hydrogen-bond donors (Lipinski definition) is 0. The minimum Gasteiger partial charge on any atom is -0.294 e. The highest BCUT2D eigenvalue weighted by Gasteiger charge is 2.28. The van der Waals surface area contributed by atoms with Gasteiger partial charge in [-0.2, -0.15) is 0 Å². The van der Waals surface area contributed by atoms with Crippen molar-refractivity contribution in [3.05, 3.63) is 23.3 Å². The molecule has 0 spiro atoms. The van der Waals surface area contributed by atoms with E-state index in [9.17, 15) is 4.79 Å². The molecule has 1 aliphatic rings. The number of Topliss-reactive ketones (excluding diaryl/α,β-unsaturated/α-hetero) is 1. The molecule has 1 heterocycles. The summed E-state index contributed by atoms with van der Waals surface area (Å²) in [6.45, 7) is 9.18. The Kier molecular flexibility index (Phi) is 4.23. The van der Waals surface area contributed by atoms with E-state index in [-0.39, 0.29) is 0 Å². The summed E-state index contributed by atoms with van der Waals surface area (Å²) in [5, 5.41) is 3.28. The molecule has 18 heavy (non-hydrogen) atoms. The zero-order chi connectivity index (χ0) is 13.3. The third-order valence-corrected chi connectivity index (χ3v) is 13.4. The number of fused-ring (bicyclic) bond motifs is 1. The molecule has 2 unspecified atom stereocenters. The summed E-state index contributed by atoms with van der Waals surface area (Å²) in [5.41, 5.74) is 3.74. The number of rotatable bonds is 4. The molecule has 1 aromatic carbocycles. The van der Waals surface area contributed by atoms with Crippen LogP contribution in [0.1, 0.15) is 42.1 Å². The maximum atomic E-state index is 12.2. The van der Waals surface area contributed by atoms with E-state index in [1.165, 1.54) is 11.2 Å². The lowest BCUT2D eigenvalue weighted by Gasteiger charge is -2.11. The van der Waals surface area contributed by atoms with Crippen LogP contribution in [0.4, 0.5) is 0 Å². The number of aryl methyl sites for hydroxylation is 1. The van der Waals surface area contributed by atoms with E-state index in [4.69, 9.17) is 0 Å². The number of hydrogen-bond acceptors (Lipinski definition) is 1. The highest BCUT2D eigenvalue weighted by molar-refractivity contribution is 6.98. The average Bonchev–Trinajstić information content (AvgIpc) is 2.60. The van der Waals surface area contributed by atoms with Gasteiger partial charge in [-0.05, 0) is 18.9 Å². The summed E-state index contributed by atoms with van der Waals surface area (Å²) >= 11 is 0. The third kappa shape index (κ3) is 2.52. The van der Waals surface area contributed by atoms with Crippen LogP contribution in [0.25, 0.3) is 0 Å². The fourth-order valence-electron chi connectivity index (χ4n) is 3.16. The lowest BCUT2D eigenvalue weighted by Crippen LogP contribution is -2.35. The highest BCUT2D eigenvalue weighted by Crippen LogP contribution is 2.15. The van der Waals surface area contributed by atoms with Crippen molar-refractivity contribution >= 4 is 33.8 Å². The molecule has 0 aromatic heterocycles. The van der Waals surface area contributed by atoms with Gasteiger partial charge in [-0.3, -0.25) is 4.79 Å². The number of ketones is 1. The van der Waals surface area contributed by atoms with E-state index in [2.05, 4.69) is 39.1 Å². The number of carbonyl (C=O) groups excluding carboxylic acids is 1. The zero-order valence-corrected chi connectivity index (χ0v) is 14.4. The first kappa shape index (κ1) is 13.7. The molecular formula is C15H24OSi2. The van der Waals surface area contributed by atoms with Crippen LogP contribution in [0, 0.1) is 6.92 Å². The van der Waals surface area contributed by atoms with E-state index >= 15 is 0 Å².